The van der Waals surface area contributed by atoms with Gasteiger partial charge in [-0.1, -0.05) is 43.5 Å². The number of nitro benzene ring substituents is 1. The molecular weight excluding hydrogens is 875 g/mol. The van der Waals surface area contributed by atoms with Crippen LogP contribution in [0.2, 0.25) is 0 Å². The molecular formula is C52H53N3O13. The van der Waals surface area contributed by atoms with Gasteiger partial charge in [-0.3, -0.25) is 10.1 Å². The lowest BCUT2D eigenvalue weighted by Gasteiger charge is -2.18. The molecule has 0 bridgehead atoms. The number of hydrogen-bond acceptors (Lipinski definition) is 14. The lowest BCUT2D eigenvalue weighted by Crippen LogP contribution is -2.13. The number of nitrogens with zero attached hydrogens (tertiary/aromatic N) is 3. The molecule has 0 heterocycles. The Morgan fingerprint density at radius 3 is 1.47 bits per heavy atom. The molecule has 5 aromatic carbocycles. The largest absolute Gasteiger partial charge is 0.513 e. The minimum absolute atomic E-state index is 0.0367. The molecule has 5 aromatic rings. The number of carbonyl (C=O) groups is 4. The van der Waals surface area contributed by atoms with Crippen LogP contribution in [-0.2, 0) is 30.2 Å². The summed E-state index contributed by atoms with van der Waals surface area (Å²) in [4.78, 5) is 58.3. The lowest BCUT2D eigenvalue weighted by molar-refractivity contribution is -0.384. The van der Waals surface area contributed by atoms with E-state index in [4.69, 9.17) is 28.4 Å². The maximum atomic E-state index is 13.6. The Hall–Kier alpha value is -8.14. The van der Waals surface area contributed by atoms with Crippen molar-refractivity contribution in [2.45, 2.75) is 57.8 Å². The highest BCUT2D eigenvalue weighted by molar-refractivity contribution is 6.03. The van der Waals surface area contributed by atoms with Crippen LogP contribution in [0.15, 0.2) is 145 Å². The Balaban J connectivity index is 1.32. The minimum Gasteiger partial charge on any atom is -0.494 e. The first kappa shape index (κ1) is 50.9. The Labute approximate surface area is 394 Å². The average molecular weight is 928 g/mol. The van der Waals surface area contributed by atoms with Gasteiger partial charge in [0.2, 0.25) is 0 Å². The van der Waals surface area contributed by atoms with Gasteiger partial charge >= 0.3 is 24.1 Å². The molecule has 0 saturated heterocycles. The molecule has 16 heteroatoms. The Morgan fingerprint density at radius 1 is 0.559 bits per heavy atom. The molecule has 0 aromatic heterocycles. The van der Waals surface area contributed by atoms with Crippen molar-refractivity contribution in [2.75, 3.05) is 33.0 Å². The summed E-state index contributed by atoms with van der Waals surface area (Å²) >= 11 is 0. The van der Waals surface area contributed by atoms with Crippen LogP contribution in [0.1, 0.15) is 67.3 Å². The van der Waals surface area contributed by atoms with Crippen LogP contribution in [0.25, 0.3) is 22.3 Å². The standard InChI is InChI=1S/C52H53N3O13/c1-3-48(56)66-32-11-7-5-9-30-63-44-23-13-37(14-24-44)40-35-39(29-34-65-46-27-19-42(20-28-46)54-53-41-17-21-43(22-18-41)55(61)62)50(47(36-40)51(58)68-52(59)60)38-15-25-45(26-16-38)64-31-10-6-8-12-33-67-49(57)4-2/h3-4,13-28,35-36H,1-2,5-12,29-34H2,(H,59,60). The van der Waals surface area contributed by atoms with Gasteiger partial charge in [0.15, 0.2) is 0 Å². The first-order valence-electron chi connectivity index (χ1n) is 22.1. The second kappa shape index (κ2) is 27.4. The number of carboxylic acid groups (broad SMARTS) is 1. The summed E-state index contributed by atoms with van der Waals surface area (Å²) in [5, 5.41) is 28.8. The predicted molar refractivity (Wildman–Crippen MR) is 254 cm³/mol. The smallest absolute Gasteiger partial charge is 0.494 e. The van der Waals surface area contributed by atoms with Crippen molar-refractivity contribution in [3.63, 3.8) is 0 Å². The van der Waals surface area contributed by atoms with Crippen molar-refractivity contribution in [2.24, 2.45) is 10.2 Å². The first-order valence-corrected chi connectivity index (χ1v) is 22.1. The molecule has 0 atom stereocenters. The second-order valence-corrected chi connectivity index (χ2v) is 15.1. The van der Waals surface area contributed by atoms with Gasteiger partial charge in [0.1, 0.15) is 17.2 Å². The summed E-state index contributed by atoms with van der Waals surface area (Å²) in [6.45, 7) is 8.58. The predicted octanol–water partition coefficient (Wildman–Crippen LogP) is 12.1. The molecule has 16 nitrogen and oxygen atoms in total. The summed E-state index contributed by atoms with van der Waals surface area (Å²) in [6.07, 6.45) is 7.44. The molecule has 0 amide bonds. The molecule has 0 saturated carbocycles. The van der Waals surface area contributed by atoms with Gasteiger partial charge in [-0.2, -0.15) is 10.2 Å². The third kappa shape index (κ3) is 17.0. The fourth-order valence-electron chi connectivity index (χ4n) is 6.77. The second-order valence-electron chi connectivity index (χ2n) is 15.1. The van der Waals surface area contributed by atoms with Crippen LogP contribution < -0.4 is 14.2 Å². The number of nitro groups is 1. The van der Waals surface area contributed by atoms with Crippen LogP contribution in [0.4, 0.5) is 21.9 Å². The van der Waals surface area contributed by atoms with E-state index < -0.39 is 29.0 Å². The zero-order chi connectivity index (χ0) is 48.5. The van der Waals surface area contributed by atoms with Crippen molar-refractivity contribution in [1.29, 1.82) is 0 Å². The van der Waals surface area contributed by atoms with E-state index in [1.807, 2.05) is 30.3 Å². The fraction of sp³-hybridized carbons (Fsp3) is 0.269. The number of azo groups is 1. The quantitative estimate of drug-likeness (QED) is 0.00723. The number of carbonyl (C=O) groups excluding carboxylic acids is 3. The number of unbranched alkanes of at least 4 members (excludes halogenated alkanes) is 6. The number of rotatable bonds is 28. The molecule has 68 heavy (non-hydrogen) atoms. The molecule has 0 spiro atoms. The van der Waals surface area contributed by atoms with E-state index in [0.29, 0.717) is 83.7 Å². The van der Waals surface area contributed by atoms with Gasteiger partial charge in [0.05, 0.1) is 54.9 Å². The number of esters is 3. The van der Waals surface area contributed by atoms with Crippen LogP contribution in [0.3, 0.4) is 0 Å². The third-order valence-corrected chi connectivity index (χ3v) is 10.2. The number of hydrogen-bond donors (Lipinski definition) is 1. The van der Waals surface area contributed by atoms with E-state index in [1.165, 1.54) is 24.3 Å². The molecule has 0 fully saturated rings. The zero-order valence-corrected chi connectivity index (χ0v) is 37.5. The van der Waals surface area contributed by atoms with E-state index in [1.54, 1.807) is 54.6 Å². The van der Waals surface area contributed by atoms with E-state index in [2.05, 4.69) is 23.4 Å². The van der Waals surface area contributed by atoms with E-state index >= 15 is 0 Å². The minimum atomic E-state index is -1.74. The van der Waals surface area contributed by atoms with Crippen molar-refractivity contribution >= 4 is 41.1 Å². The third-order valence-electron chi connectivity index (χ3n) is 10.2. The van der Waals surface area contributed by atoms with E-state index in [-0.39, 0.29) is 17.9 Å². The van der Waals surface area contributed by atoms with Crippen LogP contribution in [0, 0.1) is 10.1 Å². The molecule has 0 aliphatic carbocycles. The summed E-state index contributed by atoms with van der Waals surface area (Å²) in [5.74, 6) is -0.130. The maximum absolute atomic E-state index is 13.6. The molecule has 1 N–H and O–H groups in total. The SMILES string of the molecule is C=CC(=O)OCCCCCCOc1ccc(-c2cc(CCOc3ccc(N=Nc4ccc([N+](=O)[O-])cc4)cc3)c(-c3ccc(OCCCCCCOC(=O)C=C)cc3)c(C(=O)OC(=O)O)c2)cc1. The Kier molecular flexibility index (Phi) is 20.5. The topological polar surface area (TPSA) is 212 Å². The van der Waals surface area contributed by atoms with Gasteiger partial charge in [-0.25, -0.2) is 19.2 Å². The normalized spacial score (nSPS) is 10.8. The Bertz CT molecular complexity index is 2500. The van der Waals surface area contributed by atoms with Crippen LogP contribution in [-0.4, -0.2) is 67.1 Å². The maximum Gasteiger partial charge on any atom is 0.513 e. The first-order chi connectivity index (χ1) is 33.0. The average Bonchev–Trinajstić information content (AvgIpc) is 3.35. The Morgan fingerprint density at radius 2 is 1.00 bits per heavy atom. The molecule has 0 unspecified atom stereocenters. The zero-order valence-electron chi connectivity index (χ0n) is 37.5. The molecule has 0 aliphatic heterocycles. The summed E-state index contributed by atoms with van der Waals surface area (Å²) in [5.41, 5.74) is 4.11. The molecule has 354 valence electrons. The molecule has 0 aliphatic rings. The molecule has 0 radical (unpaired) electrons. The molecule has 5 rings (SSSR count). The van der Waals surface area contributed by atoms with E-state index in [9.17, 15) is 34.4 Å². The monoisotopic (exact) mass is 927 g/mol. The van der Waals surface area contributed by atoms with Crippen LogP contribution in [0.5, 0.6) is 17.2 Å². The summed E-state index contributed by atoms with van der Waals surface area (Å²) < 4.78 is 32.9. The van der Waals surface area contributed by atoms with Gasteiger partial charge < -0.3 is 33.5 Å². The fourth-order valence-corrected chi connectivity index (χ4v) is 6.77. The van der Waals surface area contributed by atoms with Crippen molar-refractivity contribution in [3.05, 3.63) is 156 Å². The van der Waals surface area contributed by atoms with E-state index in [0.717, 1.165) is 69.1 Å². The highest BCUT2D eigenvalue weighted by atomic mass is 16.7. The highest BCUT2D eigenvalue weighted by Gasteiger charge is 2.23. The van der Waals surface area contributed by atoms with Gasteiger partial charge in [0.25, 0.3) is 5.69 Å². The van der Waals surface area contributed by atoms with Crippen molar-refractivity contribution in [1.82, 2.24) is 0 Å². The van der Waals surface area contributed by atoms with Gasteiger partial charge in [-0.05, 0) is 146 Å². The van der Waals surface area contributed by atoms with Gasteiger partial charge in [-0.15, -0.1) is 0 Å². The van der Waals surface area contributed by atoms with Crippen molar-refractivity contribution in [3.8, 4) is 39.5 Å². The summed E-state index contributed by atoms with van der Waals surface area (Å²) in [6, 6.07) is 30.7. The number of non-ortho nitro benzene ring substituents is 1. The van der Waals surface area contributed by atoms with Crippen molar-refractivity contribution < 1.29 is 57.6 Å². The highest BCUT2D eigenvalue weighted by Crippen LogP contribution is 2.36. The lowest BCUT2D eigenvalue weighted by atomic mass is 9.89. The summed E-state index contributed by atoms with van der Waals surface area (Å²) in [7, 11) is 0. The van der Waals surface area contributed by atoms with Crippen LogP contribution >= 0.6 is 0 Å². The number of benzene rings is 5. The number of ether oxygens (including phenoxy) is 6. The van der Waals surface area contributed by atoms with Gasteiger partial charge in [0, 0.05) is 30.7 Å².